The predicted molar refractivity (Wildman–Crippen MR) is 123 cm³/mol. The number of nitrogens with zero attached hydrogens (tertiary/aromatic N) is 2. The van der Waals surface area contributed by atoms with E-state index in [0.29, 0.717) is 44.7 Å². The number of rotatable bonds is 12. The first-order chi connectivity index (χ1) is 15.2. The van der Waals surface area contributed by atoms with Crippen molar-refractivity contribution in [2.24, 2.45) is 10.9 Å². The van der Waals surface area contributed by atoms with E-state index in [1.807, 2.05) is 19.1 Å². The van der Waals surface area contributed by atoms with Crippen molar-refractivity contribution >= 4 is 5.96 Å². The molecule has 0 radical (unpaired) electrons. The Morgan fingerprint density at radius 1 is 1.10 bits per heavy atom. The molecule has 0 aliphatic heterocycles. The lowest BCUT2D eigenvalue weighted by Crippen LogP contribution is -2.36. The van der Waals surface area contributed by atoms with E-state index in [1.165, 1.54) is 12.8 Å². The quantitative estimate of drug-likeness (QED) is 0.308. The minimum absolute atomic E-state index is 0.532. The summed E-state index contributed by atoms with van der Waals surface area (Å²) < 4.78 is 17.1. The maximum atomic E-state index is 5.93. The Morgan fingerprint density at radius 3 is 2.71 bits per heavy atom. The molecule has 1 aliphatic rings. The van der Waals surface area contributed by atoms with Crippen molar-refractivity contribution in [2.75, 3.05) is 33.5 Å². The average molecular weight is 427 g/mol. The van der Waals surface area contributed by atoms with Crippen LogP contribution in [-0.4, -0.2) is 44.4 Å². The number of ether oxygens (including phenoxy) is 3. The van der Waals surface area contributed by atoms with Crippen LogP contribution in [0.15, 0.2) is 41.5 Å². The number of aryl methyl sites for hydroxylation is 1. The van der Waals surface area contributed by atoms with Gasteiger partial charge in [0.15, 0.2) is 5.96 Å². The van der Waals surface area contributed by atoms with Gasteiger partial charge in [-0.1, -0.05) is 12.1 Å². The Labute approximate surface area is 185 Å². The Hall–Kier alpha value is -2.80. The van der Waals surface area contributed by atoms with Crippen molar-refractivity contribution in [2.45, 2.75) is 39.8 Å². The summed E-state index contributed by atoms with van der Waals surface area (Å²) in [5.74, 6) is 2.98. The molecule has 0 spiro atoms. The number of benzene rings is 1. The van der Waals surface area contributed by atoms with Gasteiger partial charge in [0, 0.05) is 44.6 Å². The third-order valence-electron chi connectivity index (χ3n) is 5.00. The zero-order valence-corrected chi connectivity index (χ0v) is 18.8. The highest BCUT2D eigenvalue weighted by Crippen LogP contribution is 2.29. The number of hydrogen-bond acceptors (Lipinski definition) is 5. The second kappa shape index (κ2) is 12.2. The Bertz CT molecular complexity index is 852. The molecule has 2 aromatic rings. The van der Waals surface area contributed by atoms with Gasteiger partial charge in [-0.25, -0.2) is 4.98 Å². The molecule has 7 heteroatoms. The van der Waals surface area contributed by atoms with Crippen LogP contribution in [0.1, 0.15) is 36.5 Å². The lowest BCUT2D eigenvalue weighted by Gasteiger charge is -2.16. The molecule has 31 heavy (non-hydrogen) atoms. The summed E-state index contributed by atoms with van der Waals surface area (Å²) in [4.78, 5) is 8.63. The smallest absolute Gasteiger partial charge is 0.213 e. The van der Waals surface area contributed by atoms with E-state index in [1.54, 1.807) is 13.2 Å². The number of guanidine groups is 1. The van der Waals surface area contributed by atoms with Crippen LogP contribution in [0.25, 0.3) is 0 Å². The summed E-state index contributed by atoms with van der Waals surface area (Å²) in [5, 5.41) is 6.71. The average Bonchev–Trinajstić information content (AvgIpc) is 3.61. The Morgan fingerprint density at radius 2 is 1.94 bits per heavy atom. The molecule has 1 aromatic carbocycles. The topological polar surface area (TPSA) is 77.0 Å². The minimum Gasteiger partial charge on any atom is -0.491 e. The SMILES string of the molecule is CCOCCOc1cc(C)ccc1CNC(=NC)NCc1ccnc(OCC2CC2)c1. The zero-order chi connectivity index (χ0) is 21.9. The summed E-state index contributed by atoms with van der Waals surface area (Å²) in [6.07, 6.45) is 4.32. The van der Waals surface area contributed by atoms with Crippen molar-refractivity contribution in [1.29, 1.82) is 0 Å². The highest BCUT2D eigenvalue weighted by atomic mass is 16.5. The highest BCUT2D eigenvalue weighted by molar-refractivity contribution is 5.79. The molecular formula is C24H34N4O3. The normalized spacial score (nSPS) is 13.7. The molecular weight excluding hydrogens is 392 g/mol. The Kier molecular flexibility index (Phi) is 8.97. The van der Waals surface area contributed by atoms with Crippen molar-refractivity contribution in [3.8, 4) is 11.6 Å². The first kappa shape index (κ1) is 22.9. The molecule has 1 heterocycles. The second-order valence-corrected chi connectivity index (χ2v) is 7.69. The third kappa shape index (κ3) is 8.09. The van der Waals surface area contributed by atoms with E-state index < -0.39 is 0 Å². The molecule has 1 aliphatic carbocycles. The van der Waals surface area contributed by atoms with Gasteiger partial charge in [0.25, 0.3) is 0 Å². The van der Waals surface area contributed by atoms with Crippen LogP contribution in [0.3, 0.4) is 0 Å². The van der Waals surface area contributed by atoms with Gasteiger partial charge in [-0.3, -0.25) is 4.99 Å². The first-order valence-corrected chi connectivity index (χ1v) is 11.0. The maximum Gasteiger partial charge on any atom is 0.213 e. The number of aromatic nitrogens is 1. The van der Waals surface area contributed by atoms with Gasteiger partial charge < -0.3 is 24.8 Å². The molecule has 3 rings (SSSR count). The standard InChI is InChI=1S/C24H34N4O3/c1-4-29-11-12-30-22-13-18(2)5-8-21(22)16-28-24(25-3)27-15-20-9-10-26-23(14-20)31-17-19-6-7-19/h5,8-10,13-14,19H,4,6-7,11-12,15-17H2,1-3H3,(H2,25,27,28). The second-order valence-electron chi connectivity index (χ2n) is 7.69. The molecule has 168 valence electrons. The molecule has 1 aromatic heterocycles. The van der Waals surface area contributed by atoms with Crippen molar-refractivity contribution in [1.82, 2.24) is 15.6 Å². The lowest BCUT2D eigenvalue weighted by molar-refractivity contribution is 0.110. The fraction of sp³-hybridized carbons (Fsp3) is 0.500. The van der Waals surface area contributed by atoms with Gasteiger partial charge in [-0.2, -0.15) is 0 Å². The molecule has 0 bridgehead atoms. The minimum atomic E-state index is 0.532. The molecule has 0 amide bonds. The van der Waals surface area contributed by atoms with Crippen molar-refractivity contribution in [3.05, 3.63) is 53.2 Å². The van der Waals surface area contributed by atoms with E-state index in [9.17, 15) is 0 Å². The first-order valence-electron chi connectivity index (χ1n) is 11.0. The molecule has 1 saturated carbocycles. The van der Waals surface area contributed by atoms with Crippen molar-refractivity contribution < 1.29 is 14.2 Å². The highest BCUT2D eigenvalue weighted by Gasteiger charge is 2.22. The summed E-state index contributed by atoms with van der Waals surface area (Å²) in [7, 11) is 1.76. The molecule has 0 saturated heterocycles. The Balaban J connectivity index is 1.49. The van der Waals surface area contributed by atoms with Gasteiger partial charge in [0.2, 0.25) is 5.88 Å². The maximum absolute atomic E-state index is 5.93. The number of hydrogen-bond donors (Lipinski definition) is 2. The fourth-order valence-corrected chi connectivity index (χ4v) is 3.01. The predicted octanol–water partition coefficient (Wildman–Crippen LogP) is 3.46. The molecule has 7 nitrogen and oxygen atoms in total. The van der Waals surface area contributed by atoms with E-state index in [2.05, 4.69) is 45.7 Å². The van der Waals surface area contributed by atoms with E-state index in [4.69, 9.17) is 14.2 Å². The zero-order valence-electron chi connectivity index (χ0n) is 18.8. The molecule has 2 N–H and O–H groups in total. The van der Waals surface area contributed by atoms with Gasteiger partial charge in [0.05, 0.1) is 13.2 Å². The van der Waals surface area contributed by atoms with Crippen LogP contribution < -0.4 is 20.1 Å². The van der Waals surface area contributed by atoms with Gasteiger partial charge in [-0.15, -0.1) is 0 Å². The van der Waals surface area contributed by atoms with Gasteiger partial charge in [0.1, 0.15) is 12.4 Å². The summed E-state index contributed by atoms with van der Waals surface area (Å²) in [5.41, 5.74) is 3.33. The number of aliphatic imine (C=N–C) groups is 1. The van der Waals surface area contributed by atoms with Crippen LogP contribution in [0.4, 0.5) is 0 Å². The largest absolute Gasteiger partial charge is 0.491 e. The van der Waals surface area contributed by atoms with Crippen LogP contribution in [0, 0.1) is 12.8 Å². The molecule has 0 unspecified atom stereocenters. The number of nitrogens with one attached hydrogen (secondary N) is 2. The van der Waals surface area contributed by atoms with Crippen LogP contribution >= 0.6 is 0 Å². The third-order valence-corrected chi connectivity index (χ3v) is 5.00. The number of pyridine rings is 1. The van der Waals surface area contributed by atoms with Gasteiger partial charge >= 0.3 is 0 Å². The van der Waals surface area contributed by atoms with Crippen LogP contribution in [0.5, 0.6) is 11.6 Å². The van der Waals surface area contributed by atoms with Gasteiger partial charge in [-0.05, 0) is 55.9 Å². The van der Waals surface area contributed by atoms with Crippen molar-refractivity contribution in [3.63, 3.8) is 0 Å². The summed E-state index contributed by atoms with van der Waals surface area (Å²) in [6.45, 7) is 7.85. The van der Waals surface area contributed by atoms with E-state index in [0.717, 1.165) is 35.0 Å². The monoisotopic (exact) mass is 426 g/mol. The summed E-state index contributed by atoms with van der Waals surface area (Å²) in [6, 6.07) is 10.2. The van der Waals surface area contributed by atoms with Crippen LogP contribution in [0.2, 0.25) is 0 Å². The summed E-state index contributed by atoms with van der Waals surface area (Å²) >= 11 is 0. The molecule has 0 atom stereocenters. The van der Waals surface area contributed by atoms with E-state index in [-0.39, 0.29) is 0 Å². The van der Waals surface area contributed by atoms with E-state index >= 15 is 0 Å². The fourth-order valence-electron chi connectivity index (χ4n) is 3.01. The van der Waals surface area contributed by atoms with Crippen LogP contribution in [-0.2, 0) is 17.8 Å². The molecule has 1 fully saturated rings. The lowest BCUT2D eigenvalue weighted by atomic mass is 10.1.